The van der Waals surface area contributed by atoms with Gasteiger partial charge < -0.3 is 25.4 Å². The van der Waals surface area contributed by atoms with Crippen molar-refractivity contribution in [2.75, 3.05) is 5.32 Å². The molecule has 0 unspecified atom stereocenters. The third-order valence-corrected chi connectivity index (χ3v) is 4.75. The minimum atomic E-state index is -1.01. The van der Waals surface area contributed by atoms with Crippen LogP contribution in [0.1, 0.15) is 27.9 Å². The van der Waals surface area contributed by atoms with Crippen LogP contribution in [0.3, 0.4) is 0 Å². The molecule has 0 saturated heterocycles. The Balaban J connectivity index is 1.46. The summed E-state index contributed by atoms with van der Waals surface area (Å²) in [5.74, 6) is -0.0770. The standard InChI is InChI=1S/C22H19NO5/c24-17-10-8-13(11-18(17)25)3-1-4-14-7-9-16-20(12-14)28-19-6-2-5-15(22(26)27)21(19)23-16/h2,5-12,23-25H,1,3-4H2,(H,26,27). The second kappa shape index (κ2) is 7.15. The second-order valence-electron chi connectivity index (χ2n) is 6.72. The predicted molar refractivity (Wildman–Crippen MR) is 105 cm³/mol. The lowest BCUT2D eigenvalue weighted by molar-refractivity contribution is 0.0697. The first-order valence-corrected chi connectivity index (χ1v) is 8.96. The summed E-state index contributed by atoms with van der Waals surface area (Å²) in [6, 6.07) is 15.6. The lowest BCUT2D eigenvalue weighted by atomic mass is 10.0. The normalized spacial score (nSPS) is 11.7. The number of phenols is 2. The van der Waals surface area contributed by atoms with Gasteiger partial charge in [0.2, 0.25) is 0 Å². The number of carbonyl (C=O) groups is 1. The van der Waals surface area contributed by atoms with Crippen LogP contribution in [0.25, 0.3) is 0 Å². The molecule has 1 aliphatic rings. The van der Waals surface area contributed by atoms with Crippen LogP contribution in [0.2, 0.25) is 0 Å². The van der Waals surface area contributed by atoms with Crippen molar-refractivity contribution in [3.05, 3.63) is 71.3 Å². The van der Waals surface area contributed by atoms with Gasteiger partial charge in [0, 0.05) is 0 Å². The number of ether oxygens (including phenoxy) is 1. The summed E-state index contributed by atoms with van der Waals surface area (Å²) in [5, 5.41) is 31.4. The molecule has 0 aliphatic carbocycles. The molecule has 3 aromatic rings. The fourth-order valence-corrected chi connectivity index (χ4v) is 3.31. The van der Waals surface area contributed by atoms with E-state index in [1.807, 2.05) is 18.2 Å². The number of fused-ring (bicyclic) bond motifs is 2. The number of aryl methyl sites for hydroxylation is 2. The first-order valence-electron chi connectivity index (χ1n) is 8.96. The van der Waals surface area contributed by atoms with Crippen LogP contribution in [0.15, 0.2) is 54.6 Å². The number of anilines is 2. The average molecular weight is 377 g/mol. The molecule has 28 heavy (non-hydrogen) atoms. The van der Waals surface area contributed by atoms with Gasteiger partial charge in [-0.1, -0.05) is 18.2 Å². The summed E-state index contributed by atoms with van der Waals surface area (Å²) in [6.45, 7) is 0. The Kier molecular flexibility index (Phi) is 4.53. The molecule has 0 saturated carbocycles. The Hall–Kier alpha value is -3.67. The average Bonchev–Trinajstić information content (AvgIpc) is 2.68. The zero-order valence-corrected chi connectivity index (χ0v) is 15.0. The number of benzene rings is 3. The third kappa shape index (κ3) is 3.44. The van der Waals surface area contributed by atoms with E-state index in [-0.39, 0.29) is 17.1 Å². The van der Waals surface area contributed by atoms with Crippen molar-refractivity contribution in [1.82, 2.24) is 0 Å². The predicted octanol–water partition coefficient (Wildman–Crippen LogP) is 4.82. The van der Waals surface area contributed by atoms with Gasteiger partial charge in [-0.2, -0.15) is 0 Å². The highest BCUT2D eigenvalue weighted by Gasteiger charge is 2.22. The largest absolute Gasteiger partial charge is 0.504 e. The number of phenolic OH excluding ortho intramolecular Hbond substituents is 2. The molecule has 6 nitrogen and oxygen atoms in total. The van der Waals surface area contributed by atoms with Crippen LogP contribution in [0.5, 0.6) is 23.0 Å². The molecule has 4 rings (SSSR count). The summed E-state index contributed by atoms with van der Waals surface area (Å²) in [6.07, 6.45) is 2.46. The number of carboxylic acid groups (broad SMARTS) is 1. The minimum Gasteiger partial charge on any atom is -0.504 e. The van der Waals surface area contributed by atoms with E-state index in [0.717, 1.165) is 36.1 Å². The molecule has 142 valence electrons. The molecule has 6 heteroatoms. The zero-order valence-electron chi connectivity index (χ0n) is 15.0. The molecule has 1 aliphatic heterocycles. The smallest absolute Gasteiger partial charge is 0.337 e. The van der Waals surface area contributed by atoms with Crippen molar-refractivity contribution in [2.45, 2.75) is 19.3 Å². The summed E-state index contributed by atoms with van der Waals surface area (Å²) < 4.78 is 5.92. The van der Waals surface area contributed by atoms with Gasteiger partial charge in [0.05, 0.1) is 16.9 Å². The molecule has 0 atom stereocenters. The van der Waals surface area contributed by atoms with Gasteiger partial charge in [-0.3, -0.25) is 0 Å². The van der Waals surface area contributed by atoms with Gasteiger partial charge in [0.25, 0.3) is 0 Å². The highest BCUT2D eigenvalue weighted by molar-refractivity contribution is 5.98. The Morgan fingerprint density at radius 1 is 0.893 bits per heavy atom. The number of carboxylic acids is 1. The van der Waals surface area contributed by atoms with Gasteiger partial charge >= 0.3 is 5.97 Å². The number of rotatable bonds is 5. The highest BCUT2D eigenvalue weighted by Crippen LogP contribution is 2.44. The lowest BCUT2D eigenvalue weighted by Gasteiger charge is -2.23. The van der Waals surface area contributed by atoms with E-state index in [0.29, 0.717) is 17.2 Å². The Labute approximate surface area is 161 Å². The first kappa shape index (κ1) is 17.7. The quantitative estimate of drug-likeness (QED) is 0.372. The van der Waals surface area contributed by atoms with Crippen molar-refractivity contribution >= 4 is 17.3 Å². The van der Waals surface area contributed by atoms with Crippen LogP contribution in [-0.4, -0.2) is 21.3 Å². The third-order valence-electron chi connectivity index (χ3n) is 4.75. The molecule has 0 bridgehead atoms. The van der Waals surface area contributed by atoms with E-state index in [1.165, 1.54) is 12.1 Å². The fraction of sp³-hybridized carbons (Fsp3) is 0.136. The maximum Gasteiger partial charge on any atom is 0.337 e. The number of para-hydroxylation sites is 1. The van der Waals surface area contributed by atoms with Gasteiger partial charge in [-0.15, -0.1) is 0 Å². The minimum absolute atomic E-state index is 0.106. The maximum atomic E-state index is 11.4. The Morgan fingerprint density at radius 2 is 1.64 bits per heavy atom. The van der Waals surface area contributed by atoms with E-state index in [1.54, 1.807) is 24.3 Å². The second-order valence-corrected chi connectivity index (χ2v) is 6.72. The molecule has 4 N–H and O–H groups in total. The van der Waals surface area contributed by atoms with E-state index in [9.17, 15) is 20.1 Å². The van der Waals surface area contributed by atoms with Crippen LogP contribution >= 0.6 is 0 Å². The Bertz CT molecular complexity index is 1060. The van der Waals surface area contributed by atoms with Crippen LogP contribution in [0.4, 0.5) is 11.4 Å². The molecule has 0 amide bonds. The first-order chi connectivity index (χ1) is 13.5. The molecule has 0 aromatic heterocycles. The number of hydrogen-bond donors (Lipinski definition) is 4. The molecular weight excluding hydrogens is 358 g/mol. The topological polar surface area (TPSA) is 99.0 Å². The summed E-state index contributed by atoms with van der Waals surface area (Å²) >= 11 is 0. The van der Waals surface area contributed by atoms with Crippen molar-refractivity contribution < 1.29 is 24.9 Å². The summed E-state index contributed by atoms with van der Waals surface area (Å²) in [4.78, 5) is 11.4. The van der Waals surface area contributed by atoms with E-state index >= 15 is 0 Å². The Morgan fingerprint density at radius 3 is 2.39 bits per heavy atom. The number of aromatic hydroxyl groups is 2. The highest BCUT2D eigenvalue weighted by atomic mass is 16.5. The molecule has 1 heterocycles. The van der Waals surface area contributed by atoms with E-state index in [4.69, 9.17) is 4.74 Å². The van der Waals surface area contributed by atoms with Crippen molar-refractivity contribution in [1.29, 1.82) is 0 Å². The molecule has 3 aromatic carbocycles. The maximum absolute atomic E-state index is 11.4. The SMILES string of the molecule is O=C(O)c1cccc2c1Nc1ccc(CCCc3ccc(O)c(O)c3)cc1O2. The van der Waals surface area contributed by atoms with Crippen molar-refractivity contribution in [2.24, 2.45) is 0 Å². The van der Waals surface area contributed by atoms with Gasteiger partial charge in [-0.25, -0.2) is 4.79 Å². The molecular formula is C22H19NO5. The molecule has 0 fully saturated rings. The fourth-order valence-electron chi connectivity index (χ4n) is 3.31. The number of nitrogens with one attached hydrogen (secondary N) is 1. The number of hydrogen-bond acceptors (Lipinski definition) is 5. The summed E-state index contributed by atoms with van der Waals surface area (Å²) in [7, 11) is 0. The van der Waals surface area contributed by atoms with E-state index < -0.39 is 5.97 Å². The van der Waals surface area contributed by atoms with Crippen LogP contribution < -0.4 is 10.1 Å². The van der Waals surface area contributed by atoms with Crippen molar-refractivity contribution in [3.8, 4) is 23.0 Å². The van der Waals surface area contributed by atoms with E-state index in [2.05, 4.69) is 5.32 Å². The van der Waals surface area contributed by atoms with Gasteiger partial charge in [0.1, 0.15) is 0 Å². The van der Waals surface area contributed by atoms with Gasteiger partial charge in [-0.05, 0) is 66.8 Å². The molecule has 0 spiro atoms. The molecule has 0 radical (unpaired) electrons. The van der Waals surface area contributed by atoms with Crippen molar-refractivity contribution in [3.63, 3.8) is 0 Å². The summed E-state index contributed by atoms with van der Waals surface area (Å²) in [5.41, 5.74) is 3.42. The van der Waals surface area contributed by atoms with Gasteiger partial charge in [0.15, 0.2) is 23.0 Å². The lowest BCUT2D eigenvalue weighted by Crippen LogP contribution is -2.09. The monoisotopic (exact) mass is 377 g/mol. The zero-order chi connectivity index (χ0) is 19.7. The van der Waals surface area contributed by atoms with Crippen LogP contribution in [-0.2, 0) is 12.8 Å². The number of aromatic carboxylic acids is 1. The van der Waals surface area contributed by atoms with Crippen LogP contribution in [0, 0.1) is 0 Å².